The molecule has 1 aromatic rings. The molecule has 2 rings (SSSR count). The summed E-state index contributed by atoms with van der Waals surface area (Å²) in [5.41, 5.74) is 0.866. The predicted molar refractivity (Wildman–Crippen MR) is 69.0 cm³/mol. The van der Waals surface area contributed by atoms with Crippen LogP contribution in [0.15, 0.2) is 6.07 Å². The van der Waals surface area contributed by atoms with E-state index in [0.29, 0.717) is 31.0 Å². The van der Waals surface area contributed by atoms with Gasteiger partial charge in [-0.3, -0.25) is 0 Å². The number of hydrogen-bond donors (Lipinski definition) is 1. The Kier molecular flexibility index (Phi) is 4.75. The zero-order valence-electron chi connectivity index (χ0n) is 11.1. The van der Waals surface area contributed by atoms with Crippen LogP contribution in [0.3, 0.4) is 0 Å². The van der Waals surface area contributed by atoms with Gasteiger partial charge >= 0.3 is 6.01 Å². The first-order valence-electron chi connectivity index (χ1n) is 6.60. The van der Waals surface area contributed by atoms with E-state index in [2.05, 4.69) is 15.3 Å². The van der Waals surface area contributed by atoms with Gasteiger partial charge in [-0.25, -0.2) is 4.98 Å². The topological polar surface area (TPSA) is 56.3 Å². The zero-order chi connectivity index (χ0) is 12.8. The van der Waals surface area contributed by atoms with Crippen LogP contribution >= 0.6 is 0 Å². The minimum absolute atomic E-state index is 0.420. The van der Waals surface area contributed by atoms with Gasteiger partial charge in [-0.2, -0.15) is 4.98 Å². The van der Waals surface area contributed by atoms with Crippen molar-refractivity contribution in [1.82, 2.24) is 15.3 Å². The Morgan fingerprint density at radius 2 is 2.28 bits per heavy atom. The molecule has 0 aromatic carbocycles. The summed E-state index contributed by atoms with van der Waals surface area (Å²) < 4.78 is 11.0. The van der Waals surface area contributed by atoms with E-state index in [0.717, 1.165) is 18.8 Å². The lowest BCUT2D eigenvalue weighted by Crippen LogP contribution is -2.33. The second kappa shape index (κ2) is 6.54. The van der Waals surface area contributed by atoms with Crippen molar-refractivity contribution in [3.05, 3.63) is 11.8 Å². The summed E-state index contributed by atoms with van der Waals surface area (Å²) in [7, 11) is 0. The van der Waals surface area contributed by atoms with E-state index in [1.165, 1.54) is 12.8 Å². The Morgan fingerprint density at radius 1 is 1.39 bits per heavy atom. The number of nitrogens with zero attached hydrogens (tertiary/aromatic N) is 2. The molecule has 5 heteroatoms. The molecule has 0 amide bonds. The normalized spacial score (nSPS) is 19.6. The van der Waals surface area contributed by atoms with E-state index in [-0.39, 0.29) is 0 Å². The highest BCUT2D eigenvalue weighted by atomic mass is 16.5. The van der Waals surface area contributed by atoms with Crippen molar-refractivity contribution >= 4 is 0 Å². The van der Waals surface area contributed by atoms with Gasteiger partial charge in [0.1, 0.15) is 0 Å². The lowest BCUT2D eigenvalue weighted by atomic mass is 10.0. The first kappa shape index (κ1) is 13.1. The van der Waals surface area contributed by atoms with E-state index in [1.807, 2.05) is 19.9 Å². The van der Waals surface area contributed by atoms with Crippen LogP contribution in [0.1, 0.15) is 25.5 Å². The Balaban J connectivity index is 1.91. The molecule has 1 N–H and O–H groups in total. The fourth-order valence-corrected chi connectivity index (χ4v) is 2.06. The standard InChI is InChI=1S/C13H21N3O2/c1-3-17-12-7-10(2)15-13(16-12)18-9-11-5-4-6-14-8-11/h7,11,14H,3-6,8-9H2,1-2H3. The molecule has 0 radical (unpaired) electrons. The van der Waals surface area contributed by atoms with Crippen molar-refractivity contribution < 1.29 is 9.47 Å². The number of piperidine rings is 1. The molecule has 100 valence electrons. The largest absolute Gasteiger partial charge is 0.478 e. The van der Waals surface area contributed by atoms with Crippen LogP contribution in [0.4, 0.5) is 0 Å². The number of ether oxygens (including phenoxy) is 2. The first-order valence-corrected chi connectivity index (χ1v) is 6.60. The van der Waals surface area contributed by atoms with Crippen molar-refractivity contribution in [1.29, 1.82) is 0 Å². The van der Waals surface area contributed by atoms with Gasteiger partial charge in [-0.05, 0) is 33.2 Å². The SMILES string of the molecule is CCOc1cc(C)nc(OCC2CCCNC2)n1. The number of hydrogen-bond acceptors (Lipinski definition) is 5. The molecule has 1 aromatic heterocycles. The first-order chi connectivity index (χ1) is 8.78. The van der Waals surface area contributed by atoms with Gasteiger partial charge in [0.05, 0.1) is 13.2 Å². The van der Waals surface area contributed by atoms with E-state index in [9.17, 15) is 0 Å². The molecule has 0 bridgehead atoms. The maximum Gasteiger partial charge on any atom is 0.319 e. The Bertz CT molecular complexity index is 378. The molecule has 0 aliphatic carbocycles. The van der Waals surface area contributed by atoms with Gasteiger partial charge in [0, 0.05) is 24.2 Å². The summed E-state index contributed by atoms with van der Waals surface area (Å²) in [6, 6.07) is 2.24. The molecular weight excluding hydrogens is 230 g/mol. The third kappa shape index (κ3) is 3.84. The highest BCUT2D eigenvalue weighted by molar-refractivity contribution is 5.17. The van der Waals surface area contributed by atoms with Crippen LogP contribution in [0, 0.1) is 12.8 Å². The molecule has 1 fully saturated rings. The quantitative estimate of drug-likeness (QED) is 0.860. The van der Waals surface area contributed by atoms with Gasteiger partial charge in [-0.15, -0.1) is 0 Å². The highest BCUT2D eigenvalue weighted by Gasteiger charge is 2.14. The van der Waals surface area contributed by atoms with Gasteiger partial charge in [0.15, 0.2) is 0 Å². The molecule has 5 nitrogen and oxygen atoms in total. The molecule has 1 unspecified atom stereocenters. The van der Waals surface area contributed by atoms with Crippen LogP contribution < -0.4 is 14.8 Å². The van der Waals surface area contributed by atoms with Gasteiger partial charge < -0.3 is 14.8 Å². The third-order valence-corrected chi connectivity index (χ3v) is 2.95. The molecule has 0 saturated carbocycles. The van der Waals surface area contributed by atoms with E-state index < -0.39 is 0 Å². The number of rotatable bonds is 5. The maximum atomic E-state index is 5.67. The number of aryl methyl sites for hydroxylation is 1. The van der Waals surface area contributed by atoms with Gasteiger partial charge in [0.2, 0.25) is 5.88 Å². The summed E-state index contributed by atoms with van der Waals surface area (Å²) in [6.07, 6.45) is 2.42. The van der Waals surface area contributed by atoms with Crippen LogP contribution in [0.5, 0.6) is 11.9 Å². The van der Waals surface area contributed by atoms with Crippen molar-refractivity contribution in [2.45, 2.75) is 26.7 Å². The smallest absolute Gasteiger partial charge is 0.319 e. The summed E-state index contributed by atoms with van der Waals surface area (Å²) >= 11 is 0. The summed E-state index contributed by atoms with van der Waals surface area (Å²) in [4.78, 5) is 8.50. The minimum Gasteiger partial charge on any atom is -0.478 e. The Labute approximate surface area is 108 Å². The molecule has 18 heavy (non-hydrogen) atoms. The van der Waals surface area contributed by atoms with E-state index >= 15 is 0 Å². The van der Waals surface area contributed by atoms with Crippen LogP contribution in [0.2, 0.25) is 0 Å². The van der Waals surface area contributed by atoms with Crippen molar-refractivity contribution in [2.75, 3.05) is 26.3 Å². The Morgan fingerprint density at radius 3 is 3.00 bits per heavy atom. The van der Waals surface area contributed by atoms with Crippen molar-refractivity contribution in [2.24, 2.45) is 5.92 Å². The second-order valence-corrected chi connectivity index (χ2v) is 4.59. The maximum absolute atomic E-state index is 5.67. The fourth-order valence-electron chi connectivity index (χ4n) is 2.06. The van der Waals surface area contributed by atoms with Gasteiger partial charge in [0.25, 0.3) is 0 Å². The second-order valence-electron chi connectivity index (χ2n) is 4.59. The number of aromatic nitrogens is 2. The summed E-state index contributed by atoms with van der Waals surface area (Å²) in [5.74, 6) is 1.14. The minimum atomic E-state index is 0.420. The predicted octanol–water partition coefficient (Wildman–Crippen LogP) is 1.56. The van der Waals surface area contributed by atoms with Crippen LogP contribution in [-0.2, 0) is 0 Å². The average Bonchev–Trinajstić information content (AvgIpc) is 2.37. The molecule has 1 saturated heterocycles. The monoisotopic (exact) mass is 251 g/mol. The Hall–Kier alpha value is -1.36. The fraction of sp³-hybridized carbons (Fsp3) is 0.692. The average molecular weight is 251 g/mol. The molecule has 0 spiro atoms. The molecular formula is C13H21N3O2. The van der Waals surface area contributed by atoms with Crippen molar-refractivity contribution in [3.8, 4) is 11.9 Å². The lowest BCUT2D eigenvalue weighted by Gasteiger charge is -2.22. The molecule has 1 aliphatic rings. The molecule has 2 heterocycles. The third-order valence-electron chi connectivity index (χ3n) is 2.95. The summed E-state index contributed by atoms with van der Waals surface area (Å²) in [5, 5.41) is 3.37. The van der Waals surface area contributed by atoms with E-state index in [4.69, 9.17) is 9.47 Å². The van der Waals surface area contributed by atoms with Crippen LogP contribution in [0.25, 0.3) is 0 Å². The van der Waals surface area contributed by atoms with Crippen molar-refractivity contribution in [3.63, 3.8) is 0 Å². The van der Waals surface area contributed by atoms with E-state index in [1.54, 1.807) is 0 Å². The number of nitrogens with one attached hydrogen (secondary N) is 1. The molecule has 1 aliphatic heterocycles. The van der Waals surface area contributed by atoms with Gasteiger partial charge in [-0.1, -0.05) is 0 Å². The summed E-state index contributed by atoms with van der Waals surface area (Å²) in [6.45, 7) is 7.26. The molecule has 1 atom stereocenters. The highest BCUT2D eigenvalue weighted by Crippen LogP contribution is 2.16. The lowest BCUT2D eigenvalue weighted by molar-refractivity contribution is 0.201. The van der Waals surface area contributed by atoms with Crippen LogP contribution in [-0.4, -0.2) is 36.3 Å². The zero-order valence-corrected chi connectivity index (χ0v) is 11.1.